The average Bonchev–Trinajstić information content (AvgIpc) is 2.59. The van der Waals surface area contributed by atoms with Crippen molar-refractivity contribution in [2.75, 3.05) is 20.3 Å². The van der Waals surface area contributed by atoms with Crippen LogP contribution in [0.1, 0.15) is 0 Å². The molecule has 10 nitrogen and oxygen atoms in total. The van der Waals surface area contributed by atoms with Crippen molar-refractivity contribution in [3.8, 4) is 0 Å². The van der Waals surface area contributed by atoms with Gasteiger partial charge in [-0.25, -0.2) is 0 Å². The van der Waals surface area contributed by atoms with E-state index >= 15 is 0 Å². The second kappa shape index (κ2) is 8.15. The highest BCUT2D eigenvalue weighted by molar-refractivity contribution is 5.22. The van der Waals surface area contributed by atoms with Crippen molar-refractivity contribution < 1.29 is 45.2 Å². The van der Waals surface area contributed by atoms with Gasteiger partial charge in [0.15, 0.2) is 6.29 Å². The molecule has 0 aromatic rings. The van der Waals surface area contributed by atoms with E-state index in [1.807, 2.05) is 0 Å². The summed E-state index contributed by atoms with van der Waals surface area (Å²) in [5.74, 6) is 0. The summed E-state index contributed by atoms with van der Waals surface area (Å²) < 4.78 is 10.2. The van der Waals surface area contributed by atoms with Crippen molar-refractivity contribution in [2.24, 2.45) is 0 Å². The molecule has 8 N–H and O–H groups in total. The molecule has 10 heteroatoms. The maximum Gasteiger partial charge on any atom is 0.186 e. The summed E-state index contributed by atoms with van der Waals surface area (Å²) in [6, 6.07) is -1.94. The van der Waals surface area contributed by atoms with Gasteiger partial charge >= 0.3 is 0 Å². The van der Waals surface area contributed by atoms with Gasteiger partial charge in [0.2, 0.25) is 0 Å². The van der Waals surface area contributed by atoms with E-state index < -0.39 is 68.2 Å². The number of ether oxygens (including phenoxy) is 2. The largest absolute Gasteiger partial charge is 0.394 e. The molecule has 140 valence electrons. The number of methoxy groups -OCH3 is 1. The SMILES string of the molecule is CO[C@@H]1O[C@H](CO)C(N[C@@H]2C=C(CO)[C@@H](O)C(O)[C@H]2O)[C@H](O)C1O. The molecule has 0 saturated carbocycles. The van der Waals surface area contributed by atoms with Crippen LogP contribution in [0.25, 0.3) is 0 Å². The van der Waals surface area contributed by atoms with Gasteiger partial charge in [-0.05, 0) is 5.57 Å². The third kappa shape index (κ3) is 3.63. The molecule has 1 saturated heterocycles. The summed E-state index contributed by atoms with van der Waals surface area (Å²) in [5.41, 5.74) is 0.104. The first-order chi connectivity index (χ1) is 11.3. The lowest BCUT2D eigenvalue weighted by atomic mass is 9.86. The molecule has 0 radical (unpaired) electrons. The average molecular weight is 351 g/mol. The molecule has 3 unspecified atom stereocenters. The molecule has 24 heavy (non-hydrogen) atoms. The molecule has 0 amide bonds. The molecule has 0 aromatic carbocycles. The number of aliphatic hydroxyl groups is 7. The van der Waals surface area contributed by atoms with Crippen LogP contribution in [0.5, 0.6) is 0 Å². The van der Waals surface area contributed by atoms with Gasteiger partial charge < -0.3 is 50.5 Å². The molecule has 0 bridgehead atoms. The highest BCUT2D eigenvalue weighted by Gasteiger charge is 2.47. The Hall–Kier alpha value is -0.660. The van der Waals surface area contributed by atoms with Crippen molar-refractivity contribution in [2.45, 2.75) is 55.0 Å². The maximum absolute atomic E-state index is 10.3. The van der Waals surface area contributed by atoms with Gasteiger partial charge in [-0.3, -0.25) is 0 Å². The van der Waals surface area contributed by atoms with Crippen LogP contribution >= 0.6 is 0 Å². The zero-order valence-corrected chi connectivity index (χ0v) is 13.1. The summed E-state index contributed by atoms with van der Waals surface area (Å²) >= 11 is 0. The minimum absolute atomic E-state index is 0.104. The summed E-state index contributed by atoms with van der Waals surface area (Å²) in [6.07, 6.45) is -7.90. The molecule has 1 heterocycles. The molecule has 1 aliphatic heterocycles. The predicted octanol–water partition coefficient (Wildman–Crippen LogP) is -4.59. The quantitative estimate of drug-likeness (QED) is 0.225. The Kier molecular flexibility index (Phi) is 6.67. The Morgan fingerprint density at radius 2 is 1.71 bits per heavy atom. The van der Waals surface area contributed by atoms with Gasteiger partial charge in [0.25, 0.3) is 0 Å². The molecule has 0 spiro atoms. The van der Waals surface area contributed by atoms with Crippen molar-refractivity contribution in [3.63, 3.8) is 0 Å². The number of aliphatic hydroxyl groups excluding tert-OH is 7. The molecule has 9 atom stereocenters. The maximum atomic E-state index is 10.3. The monoisotopic (exact) mass is 351 g/mol. The molecular formula is C14H25NO9. The van der Waals surface area contributed by atoms with E-state index in [1.165, 1.54) is 13.2 Å². The number of rotatable bonds is 5. The lowest BCUT2D eigenvalue weighted by molar-refractivity contribution is -0.273. The smallest absolute Gasteiger partial charge is 0.186 e. The van der Waals surface area contributed by atoms with Crippen molar-refractivity contribution in [3.05, 3.63) is 11.6 Å². The third-order valence-corrected chi connectivity index (χ3v) is 4.50. The number of nitrogens with one attached hydrogen (secondary N) is 1. The Bertz CT molecular complexity index is 446. The van der Waals surface area contributed by atoms with Gasteiger partial charge in [-0.2, -0.15) is 0 Å². The Balaban J connectivity index is 2.19. The molecule has 2 rings (SSSR count). The van der Waals surface area contributed by atoms with Crippen LogP contribution in [0.15, 0.2) is 11.6 Å². The van der Waals surface area contributed by atoms with E-state index in [0.29, 0.717) is 0 Å². The Labute approximate surface area is 138 Å². The molecule has 1 aliphatic carbocycles. The van der Waals surface area contributed by atoms with Gasteiger partial charge in [0.1, 0.15) is 36.6 Å². The van der Waals surface area contributed by atoms with Gasteiger partial charge in [0, 0.05) is 7.11 Å². The van der Waals surface area contributed by atoms with Crippen LogP contribution in [-0.4, -0.2) is 111 Å². The van der Waals surface area contributed by atoms with E-state index in [-0.39, 0.29) is 5.57 Å². The lowest BCUT2D eigenvalue weighted by Crippen LogP contribution is -2.67. The predicted molar refractivity (Wildman–Crippen MR) is 78.7 cm³/mol. The lowest BCUT2D eigenvalue weighted by Gasteiger charge is -2.44. The second-order valence-corrected chi connectivity index (χ2v) is 5.99. The van der Waals surface area contributed by atoms with Gasteiger partial charge in [0.05, 0.1) is 25.3 Å². The van der Waals surface area contributed by atoms with Crippen LogP contribution in [-0.2, 0) is 9.47 Å². The fourth-order valence-corrected chi connectivity index (χ4v) is 3.05. The molecule has 0 aromatic heterocycles. The Morgan fingerprint density at radius 3 is 2.25 bits per heavy atom. The summed E-state index contributed by atoms with van der Waals surface area (Å²) in [5, 5.41) is 71.4. The molecular weight excluding hydrogens is 326 g/mol. The van der Waals surface area contributed by atoms with Crippen LogP contribution in [0.4, 0.5) is 0 Å². The van der Waals surface area contributed by atoms with Gasteiger partial charge in [-0.1, -0.05) is 6.08 Å². The zero-order chi connectivity index (χ0) is 18.0. The summed E-state index contributed by atoms with van der Waals surface area (Å²) in [7, 11) is 1.28. The fourth-order valence-electron chi connectivity index (χ4n) is 3.05. The van der Waals surface area contributed by atoms with Crippen molar-refractivity contribution in [1.29, 1.82) is 0 Å². The topological polar surface area (TPSA) is 172 Å². The molecule has 1 fully saturated rings. The first-order valence-electron chi connectivity index (χ1n) is 7.62. The second-order valence-electron chi connectivity index (χ2n) is 5.99. The van der Waals surface area contributed by atoms with Gasteiger partial charge in [-0.15, -0.1) is 0 Å². The van der Waals surface area contributed by atoms with Crippen LogP contribution < -0.4 is 5.32 Å². The van der Waals surface area contributed by atoms with Crippen LogP contribution in [0.3, 0.4) is 0 Å². The normalized spacial score (nSPS) is 46.7. The van der Waals surface area contributed by atoms with E-state index in [0.717, 1.165) is 0 Å². The number of hydrogen-bond donors (Lipinski definition) is 8. The van der Waals surface area contributed by atoms with E-state index in [2.05, 4.69) is 5.32 Å². The van der Waals surface area contributed by atoms with Crippen molar-refractivity contribution in [1.82, 2.24) is 5.32 Å². The zero-order valence-electron chi connectivity index (χ0n) is 13.1. The highest BCUT2D eigenvalue weighted by Crippen LogP contribution is 2.25. The standard InChI is InChI=1S/C14H25NO9/c1-23-14-13(22)11(20)8(7(4-17)24-14)15-6-2-5(3-16)9(18)12(21)10(6)19/h2,6-22H,3-4H2,1H3/t6-,7-,8?,9-,10+,11+,12?,13?,14-/m1/s1. The van der Waals surface area contributed by atoms with Crippen molar-refractivity contribution >= 4 is 0 Å². The van der Waals surface area contributed by atoms with E-state index in [1.54, 1.807) is 0 Å². The Morgan fingerprint density at radius 1 is 1.04 bits per heavy atom. The minimum Gasteiger partial charge on any atom is -0.394 e. The number of hydrogen-bond acceptors (Lipinski definition) is 10. The van der Waals surface area contributed by atoms with E-state index in [9.17, 15) is 35.7 Å². The third-order valence-electron chi connectivity index (χ3n) is 4.50. The minimum atomic E-state index is -1.54. The highest BCUT2D eigenvalue weighted by atomic mass is 16.7. The molecule has 2 aliphatic rings. The van der Waals surface area contributed by atoms with Crippen LogP contribution in [0.2, 0.25) is 0 Å². The first-order valence-corrected chi connectivity index (χ1v) is 7.62. The summed E-state index contributed by atoms with van der Waals surface area (Å²) in [4.78, 5) is 0. The summed E-state index contributed by atoms with van der Waals surface area (Å²) in [6.45, 7) is -1.02. The first kappa shape index (κ1) is 19.7. The van der Waals surface area contributed by atoms with Crippen LogP contribution in [0, 0.1) is 0 Å². The fraction of sp³-hybridized carbons (Fsp3) is 0.857. The van der Waals surface area contributed by atoms with E-state index in [4.69, 9.17) is 9.47 Å².